The number of rotatable bonds is 2. The first-order valence-corrected chi connectivity index (χ1v) is 17.4. The molecule has 1 aliphatic heterocycles. The van der Waals surface area contributed by atoms with Crippen molar-refractivity contribution in [3.05, 3.63) is 155 Å². The highest BCUT2D eigenvalue weighted by molar-refractivity contribution is 6.18. The second kappa shape index (κ2) is 10.2. The largest absolute Gasteiger partial charge is 0.456 e. The number of allylic oxidation sites excluding steroid dienone is 4. The molecule has 3 heteroatoms. The van der Waals surface area contributed by atoms with Crippen LogP contribution < -0.4 is 0 Å². The van der Waals surface area contributed by atoms with Crippen LogP contribution in [0.2, 0.25) is 0 Å². The molecule has 0 spiro atoms. The van der Waals surface area contributed by atoms with Crippen LogP contribution in [0.3, 0.4) is 0 Å². The van der Waals surface area contributed by atoms with E-state index in [-0.39, 0.29) is 23.3 Å². The van der Waals surface area contributed by atoms with Gasteiger partial charge in [0.2, 0.25) is 0 Å². The molecule has 3 aliphatic carbocycles. The maximum atomic E-state index is 6.39. The maximum absolute atomic E-state index is 6.39. The van der Waals surface area contributed by atoms with Gasteiger partial charge in [0.05, 0.1) is 11.7 Å². The average Bonchev–Trinajstić information content (AvgIpc) is 3.55. The number of benzene rings is 5. The van der Waals surface area contributed by atoms with Crippen LogP contribution in [-0.2, 0) is 6.42 Å². The zero-order valence-electron chi connectivity index (χ0n) is 27.7. The van der Waals surface area contributed by atoms with Gasteiger partial charge in [0.15, 0.2) is 0 Å². The lowest BCUT2D eigenvalue weighted by atomic mass is 9.68. The molecule has 0 N–H and O–H groups in total. The Morgan fingerprint density at radius 3 is 2.38 bits per heavy atom. The number of aryl methyl sites for hydroxylation is 1. The Morgan fingerprint density at radius 2 is 1.48 bits per heavy atom. The van der Waals surface area contributed by atoms with Crippen molar-refractivity contribution in [2.45, 2.75) is 38.6 Å². The minimum Gasteiger partial charge on any atom is -0.456 e. The van der Waals surface area contributed by atoms with Crippen molar-refractivity contribution in [1.29, 1.82) is 0 Å². The molecular weight excluding hydrogens is 585 g/mol. The molecule has 2 heterocycles. The molecule has 3 nitrogen and oxygen atoms in total. The van der Waals surface area contributed by atoms with Crippen LogP contribution in [-0.4, -0.2) is 23.8 Å². The van der Waals surface area contributed by atoms with E-state index in [0.717, 1.165) is 46.2 Å². The van der Waals surface area contributed by atoms with Crippen molar-refractivity contribution < 1.29 is 4.42 Å². The number of nitrogens with zero attached hydrogens (tertiary/aromatic N) is 2. The zero-order chi connectivity index (χ0) is 32.1. The minimum absolute atomic E-state index is 0.0493. The molecule has 10 rings (SSSR count). The fourth-order valence-corrected chi connectivity index (χ4v) is 9.72. The van der Waals surface area contributed by atoms with Crippen molar-refractivity contribution in [2.24, 2.45) is 22.2 Å². The summed E-state index contributed by atoms with van der Waals surface area (Å²) in [6.07, 6.45) is 11.4. The average molecular weight is 623 g/mol. The van der Waals surface area contributed by atoms with Crippen molar-refractivity contribution in [2.75, 3.05) is 7.05 Å². The fraction of sp³-hybridized carbons (Fsp3) is 0.222. The summed E-state index contributed by atoms with van der Waals surface area (Å²) in [6.45, 7) is 4.93. The summed E-state index contributed by atoms with van der Waals surface area (Å²) >= 11 is 0. The molecule has 1 aromatic heterocycles. The van der Waals surface area contributed by atoms with Crippen LogP contribution in [0.15, 0.2) is 148 Å². The number of amidine groups is 1. The summed E-state index contributed by atoms with van der Waals surface area (Å²) in [7, 11) is 2.30. The number of hydrogen-bond donors (Lipinski definition) is 0. The predicted molar refractivity (Wildman–Crippen MR) is 198 cm³/mol. The second-order valence-corrected chi connectivity index (χ2v) is 14.7. The van der Waals surface area contributed by atoms with Crippen molar-refractivity contribution in [1.82, 2.24) is 4.90 Å². The number of para-hydroxylation sites is 1. The lowest BCUT2D eigenvalue weighted by molar-refractivity contribution is 0.251. The van der Waals surface area contributed by atoms with Gasteiger partial charge in [-0.05, 0) is 81.0 Å². The van der Waals surface area contributed by atoms with Crippen LogP contribution in [0.1, 0.15) is 42.9 Å². The van der Waals surface area contributed by atoms with Crippen LogP contribution in [0.4, 0.5) is 0 Å². The molecule has 4 atom stereocenters. The molecule has 48 heavy (non-hydrogen) atoms. The first-order valence-electron chi connectivity index (χ1n) is 17.4. The molecule has 0 saturated carbocycles. The number of hydrogen-bond acceptors (Lipinski definition) is 3. The summed E-state index contributed by atoms with van der Waals surface area (Å²) in [5.41, 5.74) is 11.3. The lowest BCUT2D eigenvalue weighted by Gasteiger charge is -2.45. The predicted octanol–water partition coefficient (Wildman–Crippen LogP) is 10.8. The number of fused-ring (bicyclic) bond motifs is 9. The molecule has 0 saturated heterocycles. The van der Waals surface area contributed by atoms with Crippen molar-refractivity contribution in [3.8, 4) is 11.1 Å². The summed E-state index contributed by atoms with van der Waals surface area (Å²) in [4.78, 5) is 8.25. The van der Waals surface area contributed by atoms with Crippen LogP contribution >= 0.6 is 0 Å². The number of aliphatic imine (C=N–C) groups is 1. The van der Waals surface area contributed by atoms with Crippen LogP contribution in [0.5, 0.6) is 0 Å². The Morgan fingerprint density at radius 1 is 0.750 bits per heavy atom. The smallest absolute Gasteiger partial charge is 0.137 e. The quantitative estimate of drug-likeness (QED) is 0.192. The van der Waals surface area contributed by atoms with E-state index in [1.165, 1.54) is 44.3 Å². The summed E-state index contributed by atoms with van der Waals surface area (Å²) in [6, 6.07) is 37.9. The van der Waals surface area contributed by atoms with Gasteiger partial charge >= 0.3 is 0 Å². The first-order chi connectivity index (χ1) is 23.5. The van der Waals surface area contributed by atoms with Gasteiger partial charge in [-0.25, -0.2) is 4.99 Å². The topological polar surface area (TPSA) is 28.7 Å². The van der Waals surface area contributed by atoms with Crippen LogP contribution in [0, 0.1) is 17.3 Å². The molecule has 4 aliphatic rings. The van der Waals surface area contributed by atoms with E-state index >= 15 is 0 Å². The van der Waals surface area contributed by atoms with E-state index in [4.69, 9.17) is 9.41 Å². The first kappa shape index (κ1) is 27.9. The summed E-state index contributed by atoms with van der Waals surface area (Å²) in [5.74, 6) is 1.96. The maximum Gasteiger partial charge on any atom is 0.137 e. The SMILES string of the molecule is CN1C(c2cccc3oc4ccccc4c23)=NC2=C(C1C1CCc3cc4ccccc4cc3-c3ccccc31)C(C)(C)C1C=CC=CC21. The van der Waals surface area contributed by atoms with E-state index < -0.39 is 0 Å². The Labute approximate surface area is 281 Å². The van der Waals surface area contributed by atoms with E-state index in [2.05, 4.69) is 153 Å². The Bertz CT molecular complexity index is 2430. The highest BCUT2D eigenvalue weighted by atomic mass is 16.3. The normalized spacial score (nSPS) is 24.0. The van der Waals surface area contributed by atoms with E-state index in [0.29, 0.717) is 5.92 Å². The Kier molecular flexibility index (Phi) is 5.92. The van der Waals surface area contributed by atoms with E-state index in [1.807, 2.05) is 0 Å². The van der Waals surface area contributed by atoms with Gasteiger partial charge in [-0.15, -0.1) is 0 Å². The lowest BCUT2D eigenvalue weighted by Crippen LogP contribution is -2.47. The number of furan rings is 1. The molecule has 4 unspecified atom stereocenters. The second-order valence-electron chi connectivity index (χ2n) is 14.7. The van der Waals surface area contributed by atoms with Gasteiger partial charge in [0, 0.05) is 35.2 Å². The van der Waals surface area contributed by atoms with Crippen LogP contribution in [0.25, 0.3) is 43.8 Å². The van der Waals surface area contributed by atoms with Gasteiger partial charge < -0.3 is 9.32 Å². The molecular formula is C45H38N2O. The standard InChI is InChI=1S/C45H38N2O/c1-45(2)37-20-10-8-17-33(37)42-41(45)43(47(3)44(46-42)35-19-12-22-39-40(35)34-18-9-11-21-38(34)48-39)32-24-23-29-25-27-13-4-5-14-28(27)26-36(29)31-16-7-6-15-30(31)32/h4-22,25-26,32-33,37,43H,23-24H2,1-3H3. The van der Waals surface area contributed by atoms with Gasteiger partial charge in [0.1, 0.15) is 17.0 Å². The monoisotopic (exact) mass is 622 g/mol. The highest BCUT2D eigenvalue weighted by Gasteiger charge is 2.54. The molecule has 0 radical (unpaired) electrons. The van der Waals surface area contributed by atoms with Crippen molar-refractivity contribution >= 4 is 38.5 Å². The molecule has 6 aromatic rings. The molecule has 234 valence electrons. The third kappa shape index (κ3) is 3.85. The number of likely N-dealkylation sites (N-methyl/N-ethyl adjacent to an activating group) is 1. The highest BCUT2D eigenvalue weighted by Crippen LogP contribution is 2.59. The molecule has 0 bridgehead atoms. The van der Waals surface area contributed by atoms with Gasteiger partial charge in [-0.1, -0.05) is 123 Å². The Hall–Kier alpha value is -5.15. The molecule has 0 amide bonds. The zero-order valence-corrected chi connectivity index (χ0v) is 27.7. The van der Waals surface area contributed by atoms with Crippen molar-refractivity contribution in [3.63, 3.8) is 0 Å². The fourth-order valence-electron chi connectivity index (χ4n) is 9.72. The third-order valence-corrected chi connectivity index (χ3v) is 11.9. The molecule has 5 aromatic carbocycles. The minimum atomic E-state index is -0.0493. The third-order valence-electron chi connectivity index (χ3n) is 11.9. The summed E-state index contributed by atoms with van der Waals surface area (Å²) in [5, 5.41) is 4.91. The Balaban J connectivity index is 1.21. The van der Waals surface area contributed by atoms with E-state index in [1.54, 1.807) is 0 Å². The molecule has 0 fully saturated rings. The van der Waals surface area contributed by atoms with Gasteiger partial charge in [-0.3, -0.25) is 0 Å². The summed E-state index contributed by atoms with van der Waals surface area (Å²) < 4.78 is 6.39. The van der Waals surface area contributed by atoms with Gasteiger partial charge in [-0.2, -0.15) is 0 Å². The van der Waals surface area contributed by atoms with Gasteiger partial charge in [0.25, 0.3) is 0 Å². The van der Waals surface area contributed by atoms with E-state index in [9.17, 15) is 0 Å².